The second kappa shape index (κ2) is 38.0. The third-order valence-electron chi connectivity index (χ3n) is 18.3. The van der Waals surface area contributed by atoms with Gasteiger partial charge in [-0.3, -0.25) is 14.4 Å². The molecule has 0 saturated carbocycles. The van der Waals surface area contributed by atoms with E-state index in [9.17, 15) is 86.9 Å². The van der Waals surface area contributed by atoms with Gasteiger partial charge in [-0.25, -0.2) is 9.59 Å². The van der Waals surface area contributed by atoms with E-state index < -0.39 is 55.2 Å². The van der Waals surface area contributed by atoms with Crippen LogP contribution in [0.2, 0.25) is 5.02 Å². The third-order valence-corrected chi connectivity index (χ3v) is 18.6. The molecule has 0 aromatic heterocycles. The standard InChI is InChI=1S/C21H18F3NO5.C19H16F3NO4.C17H14F3NO4.C16H14F3NO3.C10H10ClNO3/c1-3-19(27)25-18-10-16(13-4-6-14(7-5-13)30-21(22,23)24)20-15(8-9-28-20)17(18)11-29-12(2)26;1-2-17(25)23-16-9-14(18-13(7-8-26-18)15(16)10-24)11-3-5-12(6-4-11)27-19(20,21)22;1-23-16(22)14-11-6-7-24-15(11)12(8-13(14)21)9-2-4-10(5-3-9)25-17(18,19)20;17-16(18,19)23-10-3-1-9(2-4-10)12-7-14(20)13(8-21)11-5-6-22-15(11)12;1-14-10(13)8-5-2-3-15-9(5)6(11)4-7(8)12/h3-7,10H,1,8-9,11H2,2H3,(H,25,27);2-6,9,24H,1,7-8,10H2,(H,23,25);2-5,8H,6-7,21H2,1H3;1-4,7,21H,5-6,8,20H2;4H,2-3,12H2,1H3. The van der Waals surface area contributed by atoms with Crippen LogP contribution in [-0.2, 0) is 80.5 Å². The van der Waals surface area contributed by atoms with E-state index in [1.807, 2.05) is 0 Å². The Hall–Kier alpha value is -13.2. The summed E-state index contributed by atoms with van der Waals surface area (Å²) in [6.07, 6.45) is -14.0. The molecule has 9 aromatic rings. The van der Waals surface area contributed by atoms with Crippen LogP contribution in [0.1, 0.15) is 72.1 Å². The molecule has 5 aliphatic heterocycles. The summed E-state index contributed by atoms with van der Waals surface area (Å²) in [6, 6.07) is 29.5. The summed E-state index contributed by atoms with van der Waals surface area (Å²) in [5.41, 5.74) is 30.5. The van der Waals surface area contributed by atoms with Crippen LogP contribution in [0.4, 0.5) is 81.1 Å². The number of anilines is 5. The highest BCUT2D eigenvalue weighted by molar-refractivity contribution is 6.33. The number of ether oxygens (including phenoxy) is 12. The van der Waals surface area contributed by atoms with E-state index in [1.54, 1.807) is 24.3 Å². The number of alkyl halides is 12. The normalized spacial score (nSPS) is 13.0. The van der Waals surface area contributed by atoms with E-state index in [1.165, 1.54) is 124 Å². The molecule has 0 bridgehead atoms. The molecule has 0 unspecified atom stereocenters. The number of benzene rings is 9. The average Bonchev–Trinajstić information content (AvgIpc) is 1.54. The van der Waals surface area contributed by atoms with Crippen LogP contribution in [0.5, 0.6) is 51.7 Å². The number of hydrogen-bond acceptors (Lipinski definition) is 22. The fraction of sp³-hybridized carbons (Fsp3) is 0.241. The van der Waals surface area contributed by atoms with Gasteiger partial charge in [-0.2, -0.15) is 0 Å². The van der Waals surface area contributed by atoms with E-state index in [0.717, 1.165) is 34.4 Å². The van der Waals surface area contributed by atoms with E-state index >= 15 is 0 Å². The first-order valence-corrected chi connectivity index (χ1v) is 36.1. The van der Waals surface area contributed by atoms with Gasteiger partial charge < -0.3 is 94.9 Å². The fourth-order valence-electron chi connectivity index (χ4n) is 13.3. The number of esters is 3. The zero-order valence-electron chi connectivity index (χ0n) is 63.4. The Morgan fingerprint density at radius 3 is 1.03 bits per heavy atom. The Labute approximate surface area is 679 Å². The summed E-state index contributed by atoms with van der Waals surface area (Å²) in [7, 11) is 2.58. The van der Waals surface area contributed by atoms with Crippen LogP contribution in [0, 0.1) is 0 Å². The average molecular weight is 1710 g/mol. The maximum atomic E-state index is 12.4. The molecule has 0 spiro atoms. The lowest BCUT2D eigenvalue weighted by Crippen LogP contribution is -2.17. The number of methoxy groups -OCH3 is 2. The Bertz CT molecular complexity index is 5340. The second-order valence-electron chi connectivity index (χ2n) is 25.9. The quantitative estimate of drug-likeness (QED) is 0.0138. The molecule has 14 rings (SSSR count). The third kappa shape index (κ3) is 22.1. The summed E-state index contributed by atoms with van der Waals surface area (Å²) in [4.78, 5) is 58.3. The first-order chi connectivity index (χ1) is 56.8. The van der Waals surface area contributed by atoms with Crippen molar-refractivity contribution in [2.75, 3.05) is 75.1 Å². The molecule has 0 fully saturated rings. The molecule has 0 saturated heterocycles. The highest BCUT2D eigenvalue weighted by Gasteiger charge is 2.37. The molecule has 10 N–H and O–H groups in total. The van der Waals surface area contributed by atoms with Gasteiger partial charge in [0, 0.05) is 134 Å². The number of aliphatic hydroxyl groups is 2. The number of aliphatic hydroxyl groups excluding tert-OH is 2. The summed E-state index contributed by atoms with van der Waals surface area (Å²) >= 11 is 5.94. The number of nitrogen functional groups attached to an aromatic ring is 3. The van der Waals surface area contributed by atoms with Crippen molar-refractivity contribution < 1.29 is 144 Å². The van der Waals surface area contributed by atoms with Crippen LogP contribution in [-0.4, -0.2) is 113 Å². The summed E-state index contributed by atoms with van der Waals surface area (Å²) < 4.78 is 206. The Balaban J connectivity index is 0.000000160. The van der Waals surface area contributed by atoms with Gasteiger partial charge in [0.15, 0.2) is 0 Å². The van der Waals surface area contributed by atoms with Gasteiger partial charge in [0.05, 0.1) is 76.6 Å². The lowest BCUT2D eigenvalue weighted by Gasteiger charge is -2.18. The van der Waals surface area contributed by atoms with Crippen molar-refractivity contribution in [1.29, 1.82) is 0 Å². The van der Waals surface area contributed by atoms with Gasteiger partial charge in [-0.05, 0) is 113 Å². The van der Waals surface area contributed by atoms with Crippen LogP contribution in [0.15, 0.2) is 153 Å². The first kappa shape index (κ1) is 89.1. The molecule has 5 aliphatic rings. The van der Waals surface area contributed by atoms with Crippen LogP contribution in [0.25, 0.3) is 44.5 Å². The number of fused-ring (bicyclic) bond motifs is 5. The Kier molecular flexibility index (Phi) is 28.2. The molecule has 24 nitrogen and oxygen atoms in total. The molecule has 0 radical (unpaired) electrons. The van der Waals surface area contributed by atoms with Crippen LogP contribution < -0.4 is 70.5 Å². The first-order valence-electron chi connectivity index (χ1n) is 35.7. The second-order valence-corrected chi connectivity index (χ2v) is 26.3. The number of halogens is 13. The van der Waals surface area contributed by atoms with E-state index in [-0.39, 0.29) is 54.1 Å². The predicted octanol–water partition coefficient (Wildman–Crippen LogP) is 16.6. The largest absolute Gasteiger partial charge is 0.573 e. The molecule has 2 amide bonds. The molecule has 0 atom stereocenters. The minimum absolute atomic E-state index is 0.0631. The lowest BCUT2D eigenvalue weighted by atomic mass is 9.95. The molecule has 120 heavy (non-hydrogen) atoms. The summed E-state index contributed by atoms with van der Waals surface area (Å²) in [5, 5.41) is 24.9. The van der Waals surface area contributed by atoms with Crippen molar-refractivity contribution in [2.24, 2.45) is 0 Å². The zero-order chi connectivity index (χ0) is 87.3. The zero-order valence-corrected chi connectivity index (χ0v) is 64.1. The van der Waals surface area contributed by atoms with Crippen LogP contribution >= 0.6 is 11.6 Å². The van der Waals surface area contributed by atoms with E-state index in [4.69, 9.17) is 62.0 Å². The molecule has 634 valence electrons. The van der Waals surface area contributed by atoms with Crippen molar-refractivity contribution in [3.05, 3.63) is 213 Å². The van der Waals surface area contributed by atoms with Gasteiger partial charge in [0.2, 0.25) is 11.8 Å². The topological polar surface area (TPSA) is 339 Å². The smallest absolute Gasteiger partial charge is 0.492 e. The molecule has 9 aromatic carbocycles. The van der Waals surface area contributed by atoms with Crippen molar-refractivity contribution in [2.45, 2.75) is 84.3 Å². The SMILES string of the molecule is C=CC(=O)Nc1cc(-c2ccc(OC(F)(F)F)cc2)c2c(c1CO)CCO2.C=CC(=O)Nc1cc(-c2ccc(OC(F)(F)F)cc2)c2c(c1COC(C)=O)CCO2.COC(=O)c1c(N)cc(-c2ccc(OC(F)(F)F)cc2)c2c1CCO2.COC(=O)c1c(N)cc(Cl)c2c1CCO2.Nc1cc(-c2ccc(OC(F)(F)F)cc2)c2c(c1CO)CCO2. The summed E-state index contributed by atoms with van der Waals surface area (Å²) in [5.74, 6) is -0.977. The van der Waals surface area contributed by atoms with E-state index in [2.05, 4.69) is 47.5 Å². The minimum Gasteiger partial charge on any atom is -0.492 e. The number of hydrogen-bond donors (Lipinski definition) is 7. The molecular formula is C83H72ClF12N5O19. The maximum Gasteiger partial charge on any atom is 0.573 e. The highest BCUT2D eigenvalue weighted by Crippen LogP contribution is 2.49. The van der Waals surface area contributed by atoms with Crippen molar-refractivity contribution in [3.63, 3.8) is 0 Å². The van der Waals surface area contributed by atoms with Gasteiger partial charge in [0.1, 0.15) is 58.4 Å². The van der Waals surface area contributed by atoms with Crippen molar-refractivity contribution in [3.8, 4) is 96.3 Å². The minimum atomic E-state index is -4.79. The Morgan fingerprint density at radius 2 is 0.708 bits per heavy atom. The van der Waals surface area contributed by atoms with Crippen molar-refractivity contribution in [1.82, 2.24) is 0 Å². The number of rotatable bonds is 18. The van der Waals surface area contributed by atoms with Gasteiger partial charge in [0.25, 0.3) is 0 Å². The number of amides is 2. The highest BCUT2D eigenvalue weighted by atomic mass is 35.5. The number of nitrogens with two attached hydrogens (primary N) is 3. The van der Waals surface area contributed by atoms with Gasteiger partial charge in [-0.1, -0.05) is 73.3 Å². The lowest BCUT2D eigenvalue weighted by molar-refractivity contribution is -0.275. The molecule has 5 heterocycles. The van der Waals surface area contributed by atoms with Gasteiger partial charge in [-0.15, -0.1) is 52.7 Å². The molecular weight excluding hydrogens is 1630 g/mol. The monoisotopic (exact) mass is 1710 g/mol. The summed E-state index contributed by atoms with van der Waals surface area (Å²) in [6.45, 7) is 9.72. The molecule has 0 aliphatic carbocycles. The van der Waals surface area contributed by atoms with Gasteiger partial charge >= 0.3 is 43.4 Å². The fourth-order valence-corrected chi connectivity index (χ4v) is 13.6. The molecule has 37 heteroatoms. The van der Waals surface area contributed by atoms with Crippen molar-refractivity contribution >= 4 is 69.8 Å². The van der Waals surface area contributed by atoms with E-state index in [0.29, 0.717) is 194 Å². The maximum absolute atomic E-state index is 12.4. The number of carbonyl (C=O) groups is 5. The Morgan fingerprint density at radius 1 is 0.425 bits per heavy atom. The number of carbonyl (C=O) groups excluding carboxylic acids is 5. The predicted molar refractivity (Wildman–Crippen MR) is 413 cm³/mol. The van der Waals surface area contributed by atoms with Crippen LogP contribution in [0.3, 0.4) is 0 Å². The number of nitrogens with one attached hydrogen (secondary N) is 2.